The first kappa shape index (κ1) is 38.9. The van der Waals surface area contributed by atoms with Crippen LogP contribution in [0.5, 0.6) is 5.75 Å². The summed E-state index contributed by atoms with van der Waals surface area (Å²) in [6.45, 7) is 0.0867. The van der Waals surface area contributed by atoms with Gasteiger partial charge in [0.2, 0.25) is 11.9 Å². The van der Waals surface area contributed by atoms with E-state index < -0.39 is 32.9 Å². The van der Waals surface area contributed by atoms with E-state index >= 15 is 0 Å². The summed E-state index contributed by atoms with van der Waals surface area (Å²) in [5.41, 5.74) is 5.74. The van der Waals surface area contributed by atoms with Gasteiger partial charge in [-0.1, -0.05) is 41.9 Å². The van der Waals surface area contributed by atoms with Crippen molar-refractivity contribution in [2.75, 3.05) is 16.4 Å². The third kappa shape index (κ3) is 8.94. The summed E-state index contributed by atoms with van der Waals surface area (Å²) in [6.07, 6.45) is 0. The van der Waals surface area contributed by atoms with E-state index in [1.165, 1.54) is 18.2 Å². The molecule has 23 heteroatoms. The van der Waals surface area contributed by atoms with Gasteiger partial charge >= 0.3 is 17.9 Å². The molecule has 6 aromatic rings. The fraction of sp³-hybridized carbons (Fsp3) is 0. The topological polar surface area (TPSA) is 324 Å². The molecule has 0 radical (unpaired) electrons. The highest BCUT2D eigenvalue weighted by molar-refractivity contribution is 7.85. The summed E-state index contributed by atoms with van der Waals surface area (Å²) in [7, 11) is -4.64. The molecular weight excluding hydrogens is 792 g/mol. The van der Waals surface area contributed by atoms with Crippen LogP contribution in [-0.4, -0.2) is 77.4 Å². The predicted molar refractivity (Wildman–Crippen MR) is 199 cm³/mol. The van der Waals surface area contributed by atoms with Gasteiger partial charge in [-0.2, -0.15) is 33.2 Å². The molecule has 0 unspecified atom stereocenters. The minimum atomic E-state index is -4.64. The summed E-state index contributed by atoms with van der Waals surface area (Å²) in [4.78, 5) is 59.0. The van der Waals surface area contributed by atoms with Crippen molar-refractivity contribution in [3.05, 3.63) is 107 Å². The maximum atomic E-state index is 11.8. The van der Waals surface area contributed by atoms with E-state index in [1.54, 1.807) is 30.3 Å². The Balaban J connectivity index is 1.53. The third-order valence-corrected chi connectivity index (χ3v) is 8.67. The summed E-state index contributed by atoms with van der Waals surface area (Å²) < 4.78 is 38.9. The number of hydrogen-bond acceptors (Lipinski definition) is 16. The average molecular weight is 815 g/mol. The summed E-state index contributed by atoms with van der Waals surface area (Å²) in [5.74, 6) is -5.65. The molecule has 4 aromatic carbocycles. The second kappa shape index (κ2) is 15.9. The molecule has 0 aliphatic rings. The summed E-state index contributed by atoms with van der Waals surface area (Å²) in [5, 5.41) is 47.2. The number of nitrogens with one attached hydrogen (secondary N) is 2. The molecule has 8 N–H and O–H groups in total. The minimum Gasteiger partial charge on any atom is -0.478 e. The van der Waals surface area contributed by atoms with Crippen LogP contribution >= 0.6 is 11.6 Å². The van der Waals surface area contributed by atoms with Crippen LogP contribution in [0.3, 0.4) is 0 Å². The number of azo groups is 1. The van der Waals surface area contributed by atoms with Crippen molar-refractivity contribution in [1.29, 1.82) is 0 Å². The van der Waals surface area contributed by atoms with Crippen LogP contribution < -0.4 is 21.1 Å². The molecule has 0 aliphatic carbocycles. The molecule has 0 spiro atoms. The fourth-order valence-corrected chi connectivity index (χ4v) is 5.65. The number of nitrogens with zero attached hydrogens (tertiary/aromatic N) is 7. The van der Waals surface area contributed by atoms with E-state index in [-0.39, 0.29) is 86.0 Å². The van der Waals surface area contributed by atoms with Crippen LogP contribution in [0.15, 0.2) is 100 Å². The number of ether oxygens (including phenoxy) is 1. The van der Waals surface area contributed by atoms with Crippen molar-refractivity contribution < 1.29 is 52.2 Å². The lowest BCUT2D eigenvalue weighted by atomic mass is 10.1. The molecule has 288 valence electrons. The van der Waals surface area contributed by atoms with E-state index in [1.807, 2.05) is 0 Å². The maximum absolute atomic E-state index is 11.8. The molecule has 2 heterocycles. The van der Waals surface area contributed by atoms with E-state index in [0.29, 0.717) is 5.56 Å². The maximum Gasteiger partial charge on any atom is 0.335 e. The van der Waals surface area contributed by atoms with E-state index in [9.17, 15) is 47.5 Å². The first-order chi connectivity index (χ1) is 27.1. The number of benzene rings is 4. The molecule has 0 atom stereocenters. The Morgan fingerprint density at radius 1 is 0.789 bits per heavy atom. The normalized spacial score (nSPS) is 11.3. The van der Waals surface area contributed by atoms with E-state index in [4.69, 9.17) is 22.1 Å². The Kier molecular flexibility index (Phi) is 10.8. The number of halogens is 1. The van der Waals surface area contributed by atoms with E-state index in [0.717, 1.165) is 41.1 Å². The van der Waals surface area contributed by atoms with Crippen molar-refractivity contribution in [1.82, 2.24) is 24.7 Å². The molecule has 0 amide bonds. The monoisotopic (exact) mass is 814 g/mol. The number of carboxylic acid groups (broad SMARTS) is 3. The van der Waals surface area contributed by atoms with Gasteiger partial charge in [0, 0.05) is 23.0 Å². The smallest absolute Gasteiger partial charge is 0.335 e. The van der Waals surface area contributed by atoms with Crippen LogP contribution in [0, 0.1) is 0 Å². The van der Waals surface area contributed by atoms with Gasteiger partial charge in [0.25, 0.3) is 22.5 Å². The van der Waals surface area contributed by atoms with Crippen LogP contribution in [0.1, 0.15) is 31.1 Å². The van der Waals surface area contributed by atoms with Gasteiger partial charge in [-0.15, -0.1) is 10.2 Å². The Morgan fingerprint density at radius 2 is 1.37 bits per heavy atom. The van der Waals surface area contributed by atoms with E-state index in [2.05, 4.69) is 40.9 Å². The van der Waals surface area contributed by atoms with Gasteiger partial charge < -0.3 is 36.4 Å². The third-order valence-electron chi connectivity index (χ3n) is 7.51. The lowest BCUT2D eigenvalue weighted by Crippen LogP contribution is -2.12. The molecule has 2 aromatic heterocycles. The van der Waals surface area contributed by atoms with Crippen molar-refractivity contribution in [3.8, 4) is 23.0 Å². The second-order valence-corrected chi connectivity index (χ2v) is 13.2. The Hall–Kier alpha value is -7.82. The SMILES string of the molecule is Nc1c(N=Nc2cc(S(=O)(=O)O)ccc2Cl)c(-c2ccccc2)nn1-c1nc(Nc2cc(OC=O)cc(C(=O)O)c2)nc(Nc2cc(C(=O)O)cc(C(=O)O)c2)n1. The first-order valence-corrected chi connectivity index (χ1v) is 17.4. The number of carboxylic acids is 3. The van der Waals surface area contributed by atoms with Crippen LogP contribution in [0.2, 0.25) is 5.02 Å². The number of rotatable bonds is 14. The Bertz CT molecular complexity index is 2710. The molecule has 0 saturated carbocycles. The Morgan fingerprint density at radius 3 is 1.93 bits per heavy atom. The highest BCUT2D eigenvalue weighted by Crippen LogP contribution is 2.38. The number of carbonyl (C=O) groups excluding carboxylic acids is 1. The lowest BCUT2D eigenvalue weighted by Gasteiger charge is -2.12. The zero-order valence-corrected chi connectivity index (χ0v) is 29.9. The minimum absolute atomic E-state index is 0.00721. The molecule has 0 saturated heterocycles. The number of anilines is 5. The van der Waals surface area contributed by atoms with Gasteiger partial charge in [0.05, 0.1) is 26.6 Å². The van der Waals surface area contributed by atoms with Crippen LogP contribution in [0.4, 0.5) is 40.5 Å². The van der Waals surface area contributed by atoms with Crippen LogP contribution in [0.25, 0.3) is 17.2 Å². The van der Waals surface area contributed by atoms with Gasteiger partial charge in [-0.3, -0.25) is 9.35 Å². The van der Waals surface area contributed by atoms with Gasteiger partial charge in [-0.25, -0.2) is 14.4 Å². The fourth-order valence-electron chi connectivity index (χ4n) is 4.99. The Labute approximate surface area is 323 Å². The quantitative estimate of drug-likeness (QED) is 0.0391. The highest BCUT2D eigenvalue weighted by Gasteiger charge is 2.23. The predicted octanol–water partition coefficient (Wildman–Crippen LogP) is 5.74. The molecule has 0 fully saturated rings. The first-order valence-electron chi connectivity index (χ1n) is 15.6. The van der Waals surface area contributed by atoms with Crippen molar-refractivity contribution >= 4 is 86.6 Å². The standard InChI is InChI=1S/C34H23ClN10O11S/c35-24-7-6-23(57(53,54)55)14-25(24)42-43-27-26(16-4-2-1-3-5-16)44-45(28(27)36)34-40-32(37-20-9-17(29(47)48)8-18(10-20)30(49)50)39-33(41-34)38-21-11-19(31(51)52)12-22(13-21)56-15-46/h1-15H,36H2,(H,47,48)(H,49,50)(H,51,52)(H,53,54,55)(H2,37,38,39,40,41). The second-order valence-electron chi connectivity index (χ2n) is 11.4. The van der Waals surface area contributed by atoms with Crippen LogP contribution in [-0.2, 0) is 14.9 Å². The van der Waals surface area contributed by atoms with Gasteiger partial charge in [0.1, 0.15) is 17.1 Å². The molecule has 0 bridgehead atoms. The zero-order valence-electron chi connectivity index (χ0n) is 28.3. The molecule has 0 aliphatic heterocycles. The van der Waals surface area contributed by atoms with Gasteiger partial charge in [0.15, 0.2) is 11.5 Å². The van der Waals surface area contributed by atoms with Crippen molar-refractivity contribution in [3.63, 3.8) is 0 Å². The highest BCUT2D eigenvalue weighted by atomic mass is 35.5. The summed E-state index contributed by atoms with van der Waals surface area (Å²) in [6, 6.07) is 18.3. The number of nitrogens with two attached hydrogens (primary N) is 1. The van der Waals surface area contributed by atoms with Gasteiger partial charge in [-0.05, 0) is 48.5 Å². The number of aromatic carboxylic acids is 3. The summed E-state index contributed by atoms with van der Waals surface area (Å²) >= 11 is 6.24. The van der Waals surface area contributed by atoms with Crippen molar-refractivity contribution in [2.24, 2.45) is 10.2 Å². The number of carbonyl (C=O) groups is 4. The molecule has 57 heavy (non-hydrogen) atoms. The number of aromatic nitrogens is 5. The number of hydrogen-bond donors (Lipinski definition) is 7. The lowest BCUT2D eigenvalue weighted by molar-refractivity contribution is -0.120. The number of nitrogen functional groups attached to an aromatic ring is 1. The molecule has 6 rings (SSSR count). The largest absolute Gasteiger partial charge is 0.478 e. The van der Waals surface area contributed by atoms with Crippen molar-refractivity contribution in [2.45, 2.75) is 4.90 Å². The average Bonchev–Trinajstić information content (AvgIpc) is 3.49. The molecular formula is C34H23ClN10O11S. The zero-order chi connectivity index (χ0) is 41.0. The molecule has 21 nitrogen and oxygen atoms in total.